The number of hydrogen-bond acceptors (Lipinski definition) is 1. The largest absolute Gasteiger partial charge is 0.326 e. The highest BCUT2D eigenvalue weighted by Crippen LogP contribution is 2.37. The number of amides is 1. The number of hydrogen-bond donors (Lipinski definition) is 1. The Bertz CT molecular complexity index is 630. The van der Waals surface area contributed by atoms with Crippen molar-refractivity contribution >= 4 is 23.2 Å². The topological polar surface area (TPSA) is 29.1 Å². The van der Waals surface area contributed by atoms with Crippen LogP contribution in [0.25, 0.3) is 0 Å². The molecule has 0 radical (unpaired) electrons. The van der Waals surface area contributed by atoms with Crippen LogP contribution in [0.4, 0.5) is 5.69 Å². The highest BCUT2D eigenvalue weighted by Gasteiger charge is 2.23. The highest BCUT2D eigenvalue weighted by molar-refractivity contribution is 6.30. The Morgan fingerprint density at radius 1 is 0.957 bits per heavy atom. The summed E-state index contributed by atoms with van der Waals surface area (Å²) in [6.07, 6.45) is 5.25. The van der Waals surface area contributed by atoms with Gasteiger partial charge in [-0.15, -0.1) is 0 Å². The first-order valence-electron chi connectivity index (χ1n) is 8.31. The second kappa shape index (κ2) is 7.65. The zero-order chi connectivity index (χ0) is 16.1. The van der Waals surface area contributed by atoms with Gasteiger partial charge in [0.05, 0.1) is 0 Å². The highest BCUT2D eigenvalue weighted by atomic mass is 35.5. The maximum Gasteiger partial charge on any atom is 0.224 e. The van der Waals surface area contributed by atoms with Crippen molar-refractivity contribution < 1.29 is 4.79 Å². The summed E-state index contributed by atoms with van der Waals surface area (Å²) in [6.45, 7) is 0. The second-order valence-corrected chi connectivity index (χ2v) is 6.82. The molecule has 0 saturated heterocycles. The summed E-state index contributed by atoms with van der Waals surface area (Å²) in [7, 11) is 0. The summed E-state index contributed by atoms with van der Waals surface area (Å²) in [6, 6.07) is 18.0. The Labute approximate surface area is 142 Å². The van der Waals surface area contributed by atoms with Gasteiger partial charge >= 0.3 is 0 Å². The lowest BCUT2D eigenvalue weighted by Gasteiger charge is -2.28. The van der Waals surface area contributed by atoms with Crippen LogP contribution in [0.1, 0.15) is 43.6 Å². The summed E-state index contributed by atoms with van der Waals surface area (Å²) >= 11 is 5.86. The van der Waals surface area contributed by atoms with Gasteiger partial charge in [0.2, 0.25) is 5.91 Å². The number of halogens is 1. The maximum absolute atomic E-state index is 12.2. The molecule has 2 aromatic rings. The molecule has 0 aliphatic heterocycles. The average Bonchev–Trinajstić information content (AvgIpc) is 2.58. The second-order valence-electron chi connectivity index (χ2n) is 6.39. The normalized spacial score (nSPS) is 20.9. The zero-order valence-electron chi connectivity index (χ0n) is 13.2. The summed E-state index contributed by atoms with van der Waals surface area (Å²) in [5.41, 5.74) is 2.26. The van der Waals surface area contributed by atoms with Crippen LogP contribution in [0.2, 0.25) is 5.02 Å². The van der Waals surface area contributed by atoms with E-state index in [1.54, 1.807) is 12.1 Å². The zero-order valence-corrected chi connectivity index (χ0v) is 13.9. The molecular formula is C20H22ClNO. The first-order valence-corrected chi connectivity index (χ1v) is 8.69. The van der Waals surface area contributed by atoms with E-state index in [-0.39, 0.29) is 5.91 Å². The molecular weight excluding hydrogens is 306 g/mol. The van der Waals surface area contributed by atoms with E-state index in [1.165, 1.54) is 18.4 Å². The third-order valence-electron chi connectivity index (χ3n) is 4.72. The van der Waals surface area contributed by atoms with E-state index in [0.717, 1.165) is 18.5 Å². The number of rotatable bonds is 4. The Kier molecular flexibility index (Phi) is 5.35. The van der Waals surface area contributed by atoms with Gasteiger partial charge in [-0.3, -0.25) is 4.79 Å². The fourth-order valence-electron chi connectivity index (χ4n) is 3.43. The van der Waals surface area contributed by atoms with E-state index in [2.05, 4.69) is 35.6 Å². The first-order chi connectivity index (χ1) is 11.2. The van der Waals surface area contributed by atoms with Crippen LogP contribution in [0.15, 0.2) is 54.6 Å². The monoisotopic (exact) mass is 327 g/mol. The molecule has 0 aromatic heterocycles. The minimum atomic E-state index is 0.107. The third-order valence-corrected chi connectivity index (χ3v) is 4.97. The molecule has 1 amide bonds. The van der Waals surface area contributed by atoms with E-state index < -0.39 is 0 Å². The maximum atomic E-state index is 12.2. The van der Waals surface area contributed by atoms with Crippen molar-refractivity contribution in [2.24, 2.45) is 5.92 Å². The molecule has 1 aliphatic carbocycles. The van der Waals surface area contributed by atoms with E-state index in [1.807, 2.05) is 12.1 Å². The van der Waals surface area contributed by atoms with Crippen LogP contribution < -0.4 is 5.32 Å². The predicted molar refractivity (Wildman–Crippen MR) is 95.8 cm³/mol. The van der Waals surface area contributed by atoms with Gasteiger partial charge in [-0.05, 0) is 67.3 Å². The van der Waals surface area contributed by atoms with E-state index in [0.29, 0.717) is 23.3 Å². The van der Waals surface area contributed by atoms with Gasteiger partial charge in [-0.1, -0.05) is 41.9 Å². The van der Waals surface area contributed by atoms with Crippen LogP contribution in [0.3, 0.4) is 0 Å². The molecule has 2 aromatic carbocycles. The molecule has 1 fully saturated rings. The number of carbonyl (C=O) groups is 1. The molecule has 0 unspecified atom stereocenters. The SMILES string of the molecule is O=C(CC1CCC(c2ccccc2)CC1)Nc1ccc(Cl)cc1. The van der Waals surface area contributed by atoms with Gasteiger partial charge < -0.3 is 5.32 Å². The van der Waals surface area contributed by atoms with E-state index >= 15 is 0 Å². The summed E-state index contributed by atoms with van der Waals surface area (Å²) < 4.78 is 0. The molecule has 0 spiro atoms. The van der Waals surface area contributed by atoms with E-state index in [9.17, 15) is 4.79 Å². The van der Waals surface area contributed by atoms with Gasteiger partial charge in [-0.2, -0.15) is 0 Å². The average molecular weight is 328 g/mol. The first kappa shape index (κ1) is 16.1. The number of carbonyl (C=O) groups excluding carboxylic acids is 1. The molecule has 1 saturated carbocycles. The molecule has 3 heteroatoms. The molecule has 1 aliphatic rings. The Balaban J connectivity index is 1.47. The molecule has 0 bridgehead atoms. The Morgan fingerprint density at radius 2 is 1.61 bits per heavy atom. The van der Waals surface area contributed by atoms with Crippen LogP contribution in [-0.2, 0) is 4.79 Å². The summed E-state index contributed by atoms with van der Waals surface area (Å²) in [5.74, 6) is 1.27. The lowest BCUT2D eigenvalue weighted by Crippen LogP contribution is -2.20. The molecule has 0 heterocycles. The van der Waals surface area contributed by atoms with Crippen LogP contribution in [0.5, 0.6) is 0 Å². The number of anilines is 1. The number of benzene rings is 2. The van der Waals surface area contributed by atoms with Crippen LogP contribution in [-0.4, -0.2) is 5.91 Å². The van der Waals surface area contributed by atoms with Gasteiger partial charge in [0, 0.05) is 17.1 Å². The standard InChI is InChI=1S/C20H22ClNO/c21-18-10-12-19(13-11-18)22-20(23)14-15-6-8-17(9-7-15)16-4-2-1-3-5-16/h1-5,10-13,15,17H,6-9,14H2,(H,22,23). The molecule has 0 atom stereocenters. The Morgan fingerprint density at radius 3 is 2.26 bits per heavy atom. The lowest BCUT2D eigenvalue weighted by atomic mass is 9.77. The number of nitrogens with one attached hydrogen (secondary N) is 1. The quantitative estimate of drug-likeness (QED) is 0.773. The molecule has 2 nitrogen and oxygen atoms in total. The summed E-state index contributed by atoms with van der Waals surface area (Å²) in [5, 5.41) is 3.64. The van der Waals surface area contributed by atoms with Gasteiger partial charge in [0.25, 0.3) is 0 Å². The van der Waals surface area contributed by atoms with Crippen molar-refractivity contribution in [1.82, 2.24) is 0 Å². The minimum Gasteiger partial charge on any atom is -0.326 e. The van der Waals surface area contributed by atoms with Crippen LogP contribution in [0, 0.1) is 5.92 Å². The van der Waals surface area contributed by atoms with Gasteiger partial charge in [0.1, 0.15) is 0 Å². The van der Waals surface area contributed by atoms with Crippen molar-refractivity contribution in [1.29, 1.82) is 0 Å². The van der Waals surface area contributed by atoms with Crippen molar-refractivity contribution in [2.45, 2.75) is 38.0 Å². The fourth-order valence-corrected chi connectivity index (χ4v) is 3.56. The lowest BCUT2D eigenvalue weighted by molar-refractivity contribution is -0.117. The predicted octanol–water partition coefficient (Wildman–Crippen LogP) is 5.64. The summed E-state index contributed by atoms with van der Waals surface area (Å²) in [4.78, 5) is 12.2. The van der Waals surface area contributed by atoms with Crippen LogP contribution >= 0.6 is 11.6 Å². The minimum absolute atomic E-state index is 0.107. The van der Waals surface area contributed by atoms with Gasteiger partial charge in [0.15, 0.2) is 0 Å². The van der Waals surface area contributed by atoms with Crippen molar-refractivity contribution in [3.05, 3.63) is 65.2 Å². The fraction of sp³-hybridized carbons (Fsp3) is 0.350. The van der Waals surface area contributed by atoms with Crippen molar-refractivity contribution in [3.8, 4) is 0 Å². The van der Waals surface area contributed by atoms with Gasteiger partial charge in [-0.25, -0.2) is 0 Å². The molecule has 23 heavy (non-hydrogen) atoms. The van der Waals surface area contributed by atoms with E-state index in [4.69, 9.17) is 11.6 Å². The van der Waals surface area contributed by atoms with Crippen molar-refractivity contribution in [2.75, 3.05) is 5.32 Å². The molecule has 120 valence electrons. The molecule has 1 N–H and O–H groups in total. The van der Waals surface area contributed by atoms with Crippen molar-refractivity contribution in [3.63, 3.8) is 0 Å². The smallest absolute Gasteiger partial charge is 0.224 e. The third kappa shape index (κ3) is 4.59. The Hall–Kier alpha value is -1.80. The molecule has 3 rings (SSSR count).